The van der Waals surface area contributed by atoms with Crippen LogP contribution in [0.25, 0.3) is 0 Å². The molecule has 0 aromatic heterocycles. The Morgan fingerprint density at radius 3 is 2.14 bits per heavy atom. The summed E-state index contributed by atoms with van der Waals surface area (Å²) in [6, 6.07) is 10.4. The van der Waals surface area contributed by atoms with E-state index >= 15 is 0 Å². The Bertz CT molecular complexity index is 976. The number of aryl methyl sites for hydroxylation is 3. The monoisotopic (exact) mass is 403 g/mol. The molecule has 7 nitrogen and oxygen atoms in total. The van der Waals surface area contributed by atoms with Crippen molar-refractivity contribution in [3.05, 3.63) is 68.8 Å². The highest BCUT2D eigenvalue weighted by atomic mass is 32.2. The largest absolute Gasteiger partial charge is 0.296 e. The molecule has 0 amide bonds. The molecule has 1 saturated heterocycles. The fourth-order valence-electron chi connectivity index (χ4n) is 3.67. The first kappa shape index (κ1) is 20.4. The molecule has 28 heavy (non-hydrogen) atoms. The first-order valence-electron chi connectivity index (χ1n) is 9.21. The fourth-order valence-corrected chi connectivity index (χ4v) is 5.33. The summed E-state index contributed by atoms with van der Waals surface area (Å²) in [6.45, 7) is 8.58. The quantitative estimate of drug-likeness (QED) is 0.566. The smallest absolute Gasteiger partial charge is 0.270 e. The van der Waals surface area contributed by atoms with E-state index in [4.69, 9.17) is 0 Å². The predicted octanol–water partition coefficient (Wildman–Crippen LogP) is 3.03. The molecule has 3 rings (SSSR count). The van der Waals surface area contributed by atoms with Crippen LogP contribution in [0.1, 0.15) is 22.3 Å². The number of nitrogens with zero attached hydrogens (tertiary/aromatic N) is 3. The molecule has 0 unspecified atom stereocenters. The van der Waals surface area contributed by atoms with Gasteiger partial charge in [-0.05, 0) is 31.9 Å². The molecule has 150 valence electrons. The predicted molar refractivity (Wildman–Crippen MR) is 108 cm³/mol. The average Bonchev–Trinajstić information content (AvgIpc) is 2.61. The lowest BCUT2D eigenvalue weighted by Crippen LogP contribution is -2.48. The Balaban J connectivity index is 1.72. The minimum atomic E-state index is -3.76. The maximum Gasteiger partial charge on any atom is 0.270 e. The van der Waals surface area contributed by atoms with Crippen molar-refractivity contribution in [3.63, 3.8) is 0 Å². The molecule has 0 spiro atoms. The van der Waals surface area contributed by atoms with Crippen molar-refractivity contribution >= 4 is 15.7 Å². The van der Waals surface area contributed by atoms with E-state index in [2.05, 4.69) is 36.9 Å². The summed E-state index contributed by atoms with van der Waals surface area (Å²) in [7, 11) is -3.76. The summed E-state index contributed by atoms with van der Waals surface area (Å²) in [6.07, 6.45) is 0. The molecule has 0 N–H and O–H groups in total. The van der Waals surface area contributed by atoms with Gasteiger partial charge >= 0.3 is 0 Å². The van der Waals surface area contributed by atoms with Gasteiger partial charge in [-0.15, -0.1) is 0 Å². The molecule has 0 radical (unpaired) electrons. The topological polar surface area (TPSA) is 83.8 Å². The van der Waals surface area contributed by atoms with Gasteiger partial charge in [-0.3, -0.25) is 15.0 Å². The third-order valence-electron chi connectivity index (χ3n) is 5.02. The first-order chi connectivity index (χ1) is 13.2. The standard InChI is InChI=1S/C20H25N3O4S/c1-15-10-16(2)12-18(11-15)14-21-6-8-22(9-7-21)28(26,27)20-13-19(23(24)25)5-4-17(20)3/h4-5,10-13H,6-9,14H2,1-3H3. The van der Waals surface area contributed by atoms with Crippen molar-refractivity contribution in [2.45, 2.75) is 32.2 Å². The van der Waals surface area contributed by atoms with E-state index in [1.165, 1.54) is 33.1 Å². The lowest BCUT2D eigenvalue weighted by Gasteiger charge is -2.34. The van der Waals surface area contributed by atoms with Crippen LogP contribution in [-0.2, 0) is 16.6 Å². The van der Waals surface area contributed by atoms with Gasteiger partial charge in [0.15, 0.2) is 0 Å². The van der Waals surface area contributed by atoms with Crippen LogP contribution in [-0.4, -0.2) is 48.7 Å². The number of hydrogen-bond acceptors (Lipinski definition) is 5. The van der Waals surface area contributed by atoms with E-state index in [-0.39, 0.29) is 10.6 Å². The van der Waals surface area contributed by atoms with Gasteiger partial charge in [0.05, 0.1) is 9.82 Å². The summed E-state index contributed by atoms with van der Waals surface area (Å²) in [4.78, 5) is 12.7. The summed E-state index contributed by atoms with van der Waals surface area (Å²) in [5, 5.41) is 11.0. The molecule has 8 heteroatoms. The Kier molecular flexibility index (Phi) is 5.83. The number of piperazine rings is 1. The van der Waals surface area contributed by atoms with Crippen LogP contribution in [0, 0.1) is 30.9 Å². The molecule has 0 aliphatic carbocycles. The molecule has 2 aromatic carbocycles. The normalized spacial score (nSPS) is 16.2. The molecule has 0 bridgehead atoms. The molecule has 1 heterocycles. The van der Waals surface area contributed by atoms with Crippen LogP contribution >= 0.6 is 0 Å². The Hall–Kier alpha value is -2.29. The van der Waals surface area contributed by atoms with Gasteiger partial charge in [0.1, 0.15) is 0 Å². The van der Waals surface area contributed by atoms with Crippen LogP contribution in [0.5, 0.6) is 0 Å². The number of sulfonamides is 1. The third-order valence-corrected chi connectivity index (χ3v) is 7.06. The summed E-state index contributed by atoms with van der Waals surface area (Å²) in [5.41, 5.74) is 3.97. The van der Waals surface area contributed by atoms with Crippen molar-refractivity contribution in [1.29, 1.82) is 0 Å². The molecular weight excluding hydrogens is 378 g/mol. The Morgan fingerprint density at radius 2 is 1.57 bits per heavy atom. The zero-order chi connectivity index (χ0) is 20.5. The number of benzene rings is 2. The molecule has 1 fully saturated rings. The molecule has 1 aliphatic rings. The van der Waals surface area contributed by atoms with Crippen LogP contribution in [0.15, 0.2) is 41.3 Å². The number of rotatable bonds is 5. The first-order valence-corrected chi connectivity index (χ1v) is 10.7. The van der Waals surface area contributed by atoms with E-state index in [0.29, 0.717) is 31.7 Å². The van der Waals surface area contributed by atoms with Gasteiger partial charge in [-0.1, -0.05) is 35.4 Å². The van der Waals surface area contributed by atoms with Crippen LogP contribution < -0.4 is 0 Å². The maximum atomic E-state index is 13.0. The van der Waals surface area contributed by atoms with Crippen molar-refractivity contribution in [1.82, 2.24) is 9.21 Å². The second-order valence-electron chi connectivity index (χ2n) is 7.38. The number of hydrogen-bond donors (Lipinski definition) is 0. The van der Waals surface area contributed by atoms with Gasteiger partial charge in [0.25, 0.3) is 5.69 Å². The number of nitro benzene ring substituents is 1. The van der Waals surface area contributed by atoms with Gasteiger partial charge in [-0.2, -0.15) is 4.31 Å². The minimum Gasteiger partial charge on any atom is -0.296 e. The lowest BCUT2D eigenvalue weighted by atomic mass is 10.1. The van der Waals surface area contributed by atoms with Crippen LogP contribution in [0.4, 0.5) is 5.69 Å². The highest BCUT2D eigenvalue weighted by molar-refractivity contribution is 7.89. The zero-order valence-electron chi connectivity index (χ0n) is 16.4. The highest BCUT2D eigenvalue weighted by Gasteiger charge is 2.30. The maximum absolute atomic E-state index is 13.0. The van der Waals surface area contributed by atoms with E-state index in [1.807, 2.05) is 0 Å². The van der Waals surface area contributed by atoms with Gasteiger partial charge in [-0.25, -0.2) is 8.42 Å². The van der Waals surface area contributed by atoms with E-state index in [0.717, 1.165) is 12.6 Å². The fraction of sp³-hybridized carbons (Fsp3) is 0.400. The van der Waals surface area contributed by atoms with E-state index < -0.39 is 14.9 Å². The van der Waals surface area contributed by atoms with Crippen molar-refractivity contribution < 1.29 is 13.3 Å². The number of non-ortho nitro benzene ring substituents is 1. The highest BCUT2D eigenvalue weighted by Crippen LogP contribution is 2.26. The third kappa shape index (κ3) is 4.40. The molecule has 1 aliphatic heterocycles. The SMILES string of the molecule is Cc1cc(C)cc(CN2CCN(S(=O)(=O)c3cc([N+](=O)[O-])ccc3C)CC2)c1. The second kappa shape index (κ2) is 7.98. The van der Waals surface area contributed by atoms with Crippen molar-refractivity contribution in [2.24, 2.45) is 0 Å². The second-order valence-corrected chi connectivity index (χ2v) is 9.29. The minimum absolute atomic E-state index is 0.0180. The van der Waals surface area contributed by atoms with Crippen LogP contribution in [0.3, 0.4) is 0 Å². The summed E-state index contributed by atoms with van der Waals surface area (Å²) < 4.78 is 27.5. The van der Waals surface area contributed by atoms with Crippen molar-refractivity contribution in [3.8, 4) is 0 Å². The Morgan fingerprint density at radius 1 is 0.964 bits per heavy atom. The van der Waals surface area contributed by atoms with Crippen LogP contribution in [0.2, 0.25) is 0 Å². The lowest BCUT2D eigenvalue weighted by molar-refractivity contribution is -0.385. The molecule has 0 atom stereocenters. The van der Waals surface area contributed by atoms with Crippen molar-refractivity contribution in [2.75, 3.05) is 26.2 Å². The van der Waals surface area contributed by atoms with Gasteiger partial charge < -0.3 is 0 Å². The summed E-state index contributed by atoms with van der Waals surface area (Å²) in [5.74, 6) is 0. The number of nitro groups is 1. The van der Waals surface area contributed by atoms with E-state index in [9.17, 15) is 18.5 Å². The molecule has 2 aromatic rings. The van der Waals surface area contributed by atoms with E-state index in [1.54, 1.807) is 6.92 Å². The Labute approximate surface area is 165 Å². The van der Waals surface area contributed by atoms with Gasteiger partial charge in [0.2, 0.25) is 10.0 Å². The molecule has 0 saturated carbocycles. The molecular formula is C20H25N3O4S. The summed E-state index contributed by atoms with van der Waals surface area (Å²) >= 11 is 0. The van der Waals surface area contributed by atoms with Gasteiger partial charge in [0, 0.05) is 44.9 Å². The zero-order valence-corrected chi connectivity index (χ0v) is 17.2. The average molecular weight is 404 g/mol.